The van der Waals surface area contributed by atoms with Crippen molar-refractivity contribution in [3.63, 3.8) is 0 Å². The van der Waals surface area contributed by atoms with E-state index in [4.69, 9.17) is 11.5 Å². The minimum Gasteiger partial charge on any atom is -0.465 e. The van der Waals surface area contributed by atoms with Crippen LogP contribution in [0.4, 0.5) is 5.69 Å². The standard InChI is InChI=1S/C9H12N2O2/c1-13-9(12)6-3-2-4-8(11)7(6)5-10/h2-4H,5,10-11H2,1H3. The molecule has 4 heteroatoms. The highest BCUT2D eigenvalue weighted by Gasteiger charge is 2.11. The van der Waals surface area contributed by atoms with E-state index in [0.29, 0.717) is 16.8 Å². The van der Waals surface area contributed by atoms with E-state index in [2.05, 4.69) is 4.74 Å². The van der Waals surface area contributed by atoms with Crippen molar-refractivity contribution in [3.8, 4) is 0 Å². The minimum absolute atomic E-state index is 0.233. The molecule has 70 valence electrons. The van der Waals surface area contributed by atoms with E-state index in [1.807, 2.05) is 0 Å². The lowest BCUT2D eigenvalue weighted by molar-refractivity contribution is 0.0599. The molecule has 0 saturated heterocycles. The zero-order valence-electron chi connectivity index (χ0n) is 7.41. The highest BCUT2D eigenvalue weighted by Crippen LogP contribution is 2.16. The summed E-state index contributed by atoms with van der Waals surface area (Å²) >= 11 is 0. The average Bonchev–Trinajstić information content (AvgIpc) is 2.16. The van der Waals surface area contributed by atoms with E-state index >= 15 is 0 Å². The molecule has 0 atom stereocenters. The first-order valence-electron chi connectivity index (χ1n) is 3.86. The van der Waals surface area contributed by atoms with Crippen LogP contribution < -0.4 is 11.5 Å². The van der Waals surface area contributed by atoms with Crippen LogP contribution in [-0.4, -0.2) is 13.1 Å². The Morgan fingerprint density at radius 1 is 1.54 bits per heavy atom. The van der Waals surface area contributed by atoms with Gasteiger partial charge in [0.25, 0.3) is 0 Å². The molecule has 0 heterocycles. The largest absolute Gasteiger partial charge is 0.465 e. The fraction of sp³-hybridized carbons (Fsp3) is 0.222. The van der Waals surface area contributed by atoms with Crippen LogP contribution in [0.1, 0.15) is 15.9 Å². The molecule has 0 aliphatic carbocycles. The monoisotopic (exact) mass is 180 g/mol. The lowest BCUT2D eigenvalue weighted by Crippen LogP contribution is -2.11. The molecular weight excluding hydrogens is 168 g/mol. The normalized spacial score (nSPS) is 9.69. The van der Waals surface area contributed by atoms with Gasteiger partial charge in [0, 0.05) is 17.8 Å². The zero-order chi connectivity index (χ0) is 9.84. The Morgan fingerprint density at radius 3 is 2.77 bits per heavy atom. The topological polar surface area (TPSA) is 78.3 Å². The number of benzene rings is 1. The van der Waals surface area contributed by atoms with E-state index in [9.17, 15) is 4.79 Å². The van der Waals surface area contributed by atoms with Crippen LogP contribution in [0.3, 0.4) is 0 Å². The number of nitrogen functional groups attached to an aromatic ring is 1. The van der Waals surface area contributed by atoms with Crippen molar-refractivity contribution >= 4 is 11.7 Å². The Hall–Kier alpha value is -1.55. The van der Waals surface area contributed by atoms with Crippen LogP contribution in [0.15, 0.2) is 18.2 Å². The van der Waals surface area contributed by atoms with Gasteiger partial charge in [-0.2, -0.15) is 0 Å². The van der Waals surface area contributed by atoms with Gasteiger partial charge in [-0.15, -0.1) is 0 Å². The Bertz CT molecular complexity index is 323. The van der Waals surface area contributed by atoms with Crippen LogP contribution in [0.25, 0.3) is 0 Å². The molecule has 0 aliphatic heterocycles. The summed E-state index contributed by atoms with van der Waals surface area (Å²) in [5.74, 6) is -0.409. The van der Waals surface area contributed by atoms with Gasteiger partial charge in [0.2, 0.25) is 0 Å². The first-order valence-corrected chi connectivity index (χ1v) is 3.86. The number of hydrogen-bond donors (Lipinski definition) is 2. The molecule has 0 saturated carbocycles. The summed E-state index contributed by atoms with van der Waals surface area (Å²) < 4.78 is 4.58. The molecular formula is C9H12N2O2. The maximum absolute atomic E-state index is 11.2. The Balaban J connectivity index is 3.20. The molecule has 0 radical (unpaired) electrons. The molecule has 1 aromatic carbocycles. The molecule has 0 unspecified atom stereocenters. The molecule has 0 bridgehead atoms. The van der Waals surface area contributed by atoms with E-state index < -0.39 is 5.97 Å². The van der Waals surface area contributed by atoms with E-state index in [1.165, 1.54) is 7.11 Å². The second kappa shape index (κ2) is 3.91. The molecule has 0 amide bonds. The van der Waals surface area contributed by atoms with Gasteiger partial charge in [0.15, 0.2) is 0 Å². The Labute approximate surface area is 76.5 Å². The first-order chi connectivity index (χ1) is 6.20. The summed E-state index contributed by atoms with van der Waals surface area (Å²) in [5, 5.41) is 0. The molecule has 1 aromatic rings. The van der Waals surface area contributed by atoms with Crippen LogP contribution in [0.2, 0.25) is 0 Å². The van der Waals surface area contributed by atoms with Crippen LogP contribution in [-0.2, 0) is 11.3 Å². The number of carbonyl (C=O) groups excluding carboxylic acids is 1. The quantitative estimate of drug-likeness (QED) is 0.513. The highest BCUT2D eigenvalue weighted by atomic mass is 16.5. The molecule has 0 fully saturated rings. The molecule has 13 heavy (non-hydrogen) atoms. The number of rotatable bonds is 2. The second-order valence-electron chi connectivity index (χ2n) is 2.57. The number of esters is 1. The Kier molecular flexibility index (Phi) is 2.87. The Morgan fingerprint density at radius 2 is 2.23 bits per heavy atom. The van der Waals surface area contributed by atoms with E-state index in [-0.39, 0.29) is 6.54 Å². The third-order valence-corrected chi connectivity index (χ3v) is 1.82. The maximum atomic E-state index is 11.2. The fourth-order valence-corrected chi connectivity index (χ4v) is 1.13. The predicted molar refractivity (Wildman–Crippen MR) is 50.1 cm³/mol. The summed E-state index contributed by atoms with van der Waals surface area (Å²) in [5.41, 5.74) is 12.7. The maximum Gasteiger partial charge on any atom is 0.338 e. The third-order valence-electron chi connectivity index (χ3n) is 1.82. The van der Waals surface area contributed by atoms with Gasteiger partial charge in [-0.3, -0.25) is 0 Å². The predicted octanol–water partition coefficient (Wildman–Crippen LogP) is 0.514. The molecule has 1 rings (SSSR count). The van der Waals surface area contributed by atoms with Gasteiger partial charge >= 0.3 is 5.97 Å². The van der Waals surface area contributed by atoms with Crippen LogP contribution in [0.5, 0.6) is 0 Å². The van der Waals surface area contributed by atoms with Gasteiger partial charge in [0.05, 0.1) is 12.7 Å². The third kappa shape index (κ3) is 1.78. The van der Waals surface area contributed by atoms with Gasteiger partial charge < -0.3 is 16.2 Å². The lowest BCUT2D eigenvalue weighted by Gasteiger charge is -2.07. The van der Waals surface area contributed by atoms with Crippen molar-refractivity contribution in [1.29, 1.82) is 0 Å². The van der Waals surface area contributed by atoms with Crippen molar-refractivity contribution in [2.24, 2.45) is 5.73 Å². The van der Waals surface area contributed by atoms with Crippen molar-refractivity contribution < 1.29 is 9.53 Å². The first kappa shape index (κ1) is 9.54. The van der Waals surface area contributed by atoms with Crippen molar-refractivity contribution in [2.75, 3.05) is 12.8 Å². The summed E-state index contributed by atoms with van der Waals surface area (Å²) in [6.07, 6.45) is 0. The van der Waals surface area contributed by atoms with Gasteiger partial charge in [-0.1, -0.05) is 6.07 Å². The van der Waals surface area contributed by atoms with Crippen molar-refractivity contribution in [2.45, 2.75) is 6.54 Å². The average molecular weight is 180 g/mol. The lowest BCUT2D eigenvalue weighted by atomic mass is 10.1. The van der Waals surface area contributed by atoms with Gasteiger partial charge in [0.1, 0.15) is 0 Å². The van der Waals surface area contributed by atoms with Crippen LogP contribution >= 0.6 is 0 Å². The van der Waals surface area contributed by atoms with Crippen molar-refractivity contribution in [3.05, 3.63) is 29.3 Å². The summed E-state index contributed by atoms with van der Waals surface area (Å²) in [6, 6.07) is 5.04. The molecule has 4 nitrogen and oxygen atoms in total. The van der Waals surface area contributed by atoms with Crippen LogP contribution in [0, 0.1) is 0 Å². The van der Waals surface area contributed by atoms with Gasteiger partial charge in [-0.05, 0) is 12.1 Å². The zero-order valence-corrected chi connectivity index (χ0v) is 7.41. The molecule has 0 aromatic heterocycles. The smallest absolute Gasteiger partial charge is 0.338 e. The SMILES string of the molecule is COC(=O)c1cccc(N)c1CN. The number of hydrogen-bond acceptors (Lipinski definition) is 4. The van der Waals surface area contributed by atoms with E-state index in [0.717, 1.165) is 0 Å². The number of methoxy groups -OCH3 is 1. The minimum atomic E-state index is -0.409. The number of carbonyl (C=O) groups is 1. The number of nitrogens with two attached hydrogens (primary N) is 2. The van der Waals surface area contributed by atoms with Gasteiger partial charge in [-0.25, -0.2) is 4.79 Å². The second-order valence-corrected chi connectivity index (χ2v) is 2.57. The summed E-state index contributed by atoms with van der Waals surface area (Å²) in [7, 11) is 1.33. The highest BCUT2D eigenvalue weighted by molar-refractivity contribution is 5.92. The fourth-order valence-electron chi connectivity index (χ4n) is 1.13. The van der Waals surface area contributed by atoms with E-state index in [1.54, 1.807) is 18.2 Å². The summed E-state index contributed by atoms with van der Waals surface area (Å²) in [6.45, 7) is 0.233. The molecule has 0 spiro atoms. The summed E-state index contributed by atoms with van der Waals surface area (Å²) in [4.78, 5) is 11.2. The van der Waals surface area contributed by atoms with Crippen molar-refractivity contribution in [1.82, 2.24) is 0 Å². The molecule has 0 aliphatic rings. The number of ether oxygens (including phenoxy) is 1. The molecule has 4 N–H and O–H groups in total. The number of anilines is 1.